The molecule has 0 saturated heterocycles. The van der Waals surface area contributed by atoms with Crippen molar-refractivity contribution in [3.8, 4) is 0 Å². The van der Waals surface area contributed by atoms with Gasteiger partial charge in [0.25, 0.3) is 5.91 Å². The van der Waals surface area contributed by atoms with Gasteiger partial charge in [-0.1, -0.05) is 6.42 Å². The number of amides is 1. The lowest BCUT2D eigenvalue weighted by Gasteiger charge is -2.17. The lowest BCUT2D eigenvalue weighted by Crippen LogP contribution is -2.40. The maximum absolute atomic E-state index is 12.2. The van der Waals surface area contributed by atoms with Gasteiger partial charge >= 0.3 is 5.97 Å². The van der Waals surface area contributed by atoms with E-state index in [-0.39, 0.29) is 11.9 Å². The zero-order chi connectivity index (χ0) is 14.1. The third-order valence-corrected chi connectivity index (χ3v) is 3.85. The maximum Gasteiger partial charge on any atom is 0.308 e. The SMILES string of the molecule is O=C(NC1CCCC1C(=O)O)c1ccc2[nH]ncc2c1. The van der Waals surface area contributed by atoms with Gasteiger partial charge in [0.1, 0.15) is 0 Å². The molecule has 0 bridgehead atoms. The molecular weight excluding hydrogens is 258 g/mol. The van der Waals surface area contributed by atoms with Gasteiger partial charge in [0.15, 0.2) is 0 Å². The maximum atomic E-state index is 12.2. The number of H-pyrrole nitrogens is 1. The summed E-state index contributed by atoms with van der Waals surface area (Å²) in [4.78, 5) is 23.3. The molecule has 0 aliphatic heterocycles. The van der Waals surface area contributed by atoms with E-state index in [1.807, 2.05) is 0 Å². The number of aromatic nitrogens is 2. The Balaban J connectivity index is 1.77. The van der Waals surface area contributed by atoms with Gasteiger partial charge in [-0.05, 0) is 31.0 Å². The van der Waals surface area contributed by atoms with Crippen LogP contribution in [0.15, 0.2) is 24.4 Å². The largest absolute Gasteiger partial charge is 0.481 e. The highest BCUT2D eigenvalue weighted by Crippen LogP contribution is 2.26. The number of fused-ring (bicyclic) bond motifs is 1. The van der Waals surface area contributed by atoms with Crippen molar-refractivity contribution in [2.45, 2.75) is 25.3 Å². The van der Waals surface area contributed by atoms with Crippen molar-refractivity contribution in [2.24, 2.45) is 5.92 Å². The fourth-order valence-corrected chi connectivity index (χ4v) is 2.76. The van der Waals surface area contributed by atoms with Crippen molar-refractivity contribution < 1.29 is 14.7 Å². The van der Waals surface area contributed by atoms with Gasteiger partial charge in [-0.15, -0.1) is 0 Å². The number of carboxylic acid groups (broad SMARTS) is 1. The van der Waals surface area contributed by atoms with Crippen LogP contribution in [0.3, 0.4) is 0 Å². The van der Waals surface area contributed by atoms with Crippen LogP contribution in [0.4, 0.5) is 0 Å². The molecule has 1 fully saturated rings. The van der Waals surface area contributed by atoms with E-state index in [0.717, 1.165) is 23.7 Å². The summed E-state index contributed by atoms with van der Waals surface area (Å²) >= 11 is 0. The molecule has 1 aromatic carbocycles. The molecule has 1 amide bonds. The van der Waals surface area contributed by atoms with Crippen molar-refractivity contribution in [3.05, 3.63) is 30.0 Å². The normalized spacial score (nSPS) is 22.0. The Morgan fingerprint density at radius 3 is 3.00 bits per heavy atom. The molecule has 1 aliphatic carbocycles. The molecule has 1 aromatic heterocycles. The Hall–Kier alpha value is -2.37. The predicted octanol–water partition coefficient (Wildman–Crippen LogP) is 1.55. The molecule has 2 aromatic rings. The zero-order valence-corrected chi connectivity index (χ0v) is 10.8. The molecule has 104 valence electrons. The van der Waals surface area contributed by atoms with Crippen LogP contribution < -0.4 is 5.32 Å². The van der Waals surface area contributed by atoms with E-state index in [2.05, 4.69) is 15.5 Å². The van der Waals surface area contributed by atoms with Gasteiger partial charge in [-0.2, -0.15) is 5.10 Å². The molecule has 2 unspecified atom stereocenters. The van der Waals surface area contributed by atoms with Crippen LogP contribution in [0.25, 0.3) is 10.9 Å². The average Bonchev–Trinajstić information content (AvgIpc) is 3.05. The first-order valence-corrected chi connectivity index (χ1v) is 6.62. The summed E-state index contributed by atoms with van der Waals surface area (Å²) in [6.07, 6.45) is 3.84. The number of aromatic amines is 1. The molecule has 1 aliphatic rings. The van der Waals surface area contributed by atoms with E-state index in [0.29, 0.717) is 12.0 Å². The Kier molecular flexibility index (Phi) is 3.14. The molecule has 2 atom stereocenters. The van der Waals surface area contributed by atoms with Gasteiger partial charge in [0.05, 0.1) is 17.6 Å². The third kappa shape index (κ3) is 2.24. The van der Waals surface area contributed by atoms with Crippen molar-refractivity contribution in [1.82, 2.24) is 15.5 Å². The molecular formula is C14H15N3O3. The molecule has 3 N–H and O–H groups in total. The van der Waals surface area contributed by atoms with E-state index < -0.39 is 11.9 Å². The number of carbonyl (C=O) groups is 2. The second-order valence-corrected chi connectivity index (χ2v) is 5.13. The van der Waals surface area contributed by atoms with Gasteiger partial charge in [0.2, 0.25) is 0 Å². The minimum Gasteiger partial charge on any atom is -0.481 e. The van der Waals surface area contributed by atoms with Crippen molar-refractivity contribution in [2.75, 3.05) is 0 Å². The smallest absolute Gasteiger partial charge is 0.308 e. The number of carboxylic acids is 1. The summed E-state index contributed by atoms with van der Waals surface area (Å²) in [7, 11) is 0. The van der Waals surface area contributed by atoms with Crippen LogP contribution >= 0.6 is 0 Å². The standard InChI is InChI=1S/C14H15N3O3/c18-13(16-12-3-1-2-10(12)14(19)20)8-4-5-11-9(6-8)7-15-17-11/h4-7,10,12H,1-3H2,(H,15,17)(H,16,18)(H,19,20). The molecule has 0 radical (unpaired) electrons. The van der Waals surface area contributed by atoms with Gasteiger partial charge in [0, 0.05) is 17.0 Å². The monoisotopic (exact) mass is 273 g/mol. The highest BCUT2D eigenvalue weighted by atomic mass is 16.4. The first-order chi connectivity index (χ1) is 9.65. The van der Waals surface area contributed by atoms with Crippen molar-refractivity contribution in [3.63, 3.8) is 0 Å². The molecule has 0 spiro atoms. The number of aliphatic carboxylic acids is 1. The van der Waals surface area contributed by atoms with Gasteiger partial charge in [-0.25, -0.2) is 0 Å². The summed E-state index contributed by atoms with van der Waals surface area (Å²) in [6.45, 7) is 0. The summed E-state index contributed by atoms with van der Waals surface area (Å²) in [5, 5.41) is 19.5. The van der Waals surface area contributed by atoms with Crippen molar-refractivity contribution in [1.29, 1.82) is 0 Å². The van der Waals surface area contributed by atoms with E-state index in [9.17, 15) is 9.59 Å². The molecule has 20 heavy (non-hydrogen) atoms. The molecule has 6 heteroatoms. The Bertz CT molecular complexity index is 664. The second kappa shape index (κ2) is 4.96. The summed E-state index contributed by atoms with van der Waals surface area (Å²) in [5.41, 5.74) is 1.39. The van der Waals surface area contributed by atoms with Gasteiger partial charge < -0.3 is 10.4 Å². The number of carbonyl (C=O) groups excluding carboxylic acids is 1. The summed E-state index contributed by atoms with van der Waals surface area (Å²) < 4.78 is 0. The van der Waals surface area contributed by atoms with E-state index in [4.69, 9.17) is 5.11 Å². The van der Waals surface area contributed by atoms with E-state index in [1.54, 1.807) is 24.4 Å². The lowest BCUT2D eigenvalue weighted by atomic mass is 10.0. The predicted molar refractivity (Wildman–Crippen MR) is 72.3 cm³/mol. The third-order valence-electron chi connectivity index (χ3n) is 3.85. The Labute approximate surface area is 115 Å². The molecule has 1 heterocycles. The van der Waals surface area contributed by atoms with Crippen LogP contribution in [0, 0.1) is 5.92 Å². The van der Waals surface area contributed by atoms with Crippen LogP contribution in [0.1, 0.15) is 29.6 Å². The van der Waals surface area contributed by atoms with Crippen LogP contribution in [-0.2, 0) is 4.79 Å². The molecule has 1 saturated carbocycles. The number of rotatable bonds is 3. The van der Waals surface area contributed by atoms with Crippen LogP contribution in [0.5, 0.6) is 0 Å². The van der Waals surface area contributed by atoms with Crippen molar-refractivity contribution >= 4 is 22.8 Å². The van der Waals surface area contributed by atoms with Crippen LogP contribution in [0.2, 0.25) is 0 Å². The fourth-order valence-electron chi connectivity index (χ4n) is 2.76. The second-order valence-electron chi connectivity index (χ2n) is 5.13. The number of hydrogen-bond acceptors (Lipinski definition) is 3. The number of nitrogens with one attached hydrogen (secondary N) is 2. The highest BCUT2D eigenvalue weighted by Gasteiger charge is 2.33. The lowest BCUT2D eigenvalue weighted by molar-refractivity contribution is -0.142. The highest BCUT2D eigenvalue weighted by molar-refractivity contribution is 5.98. The van der Waals surface area contributed by atoms with Crippen LogP contribution in [-0.4, -0.2) is 33.2 Å². The molecule has 3 rings (SSSR count). The Morgan fingerprint density at radius 1 is 1.35 bits per heavy atom. The van der Waals surface area contributed by atoms with Gasteiger partial charge in [-0.3, -0.25) is 14.7 Å². The first-order valence-electron chi connectivity index (χ1n) is 6.62. The number of nitrogens with zero attached hydrogens (tertiary/aromatic N) is 1. The number of benzene rings is 1. The topological polar surface area (TPSA) is 95.1 Å². The first kappa shape index (κ1) is 12.7. The minimum atomic E-state index is -0.835. The zero-order valence-electron chi connectivity index (χ0n) is 10.8. The molecule has 6 nitrogen and oxygen atoms in total. The number of hydrogen-bond donors (Lipinski definition) is 3. The van der Waals surface area contributed by atoms with E-state index >= 15 is 0 Å². The minimum absolute atomic E-state index is 0.230. The van der Waals surface area contributed by atoms with E-state index in [1.165, 1.54) is 0 Å². The fraction of sp³-hybridized carbons (Fsp3) is 0.357. The summed E-state index contributed by atoms with van der Waals surface area (Å²) in [5.74, 6) is -1.54. The average molecular weight is 273 g/mol. The summed E-state index contributed by atoms with van der Waals surface area (Å²) in [6, 6.07) is 4.97. The quantitative estimate of drug-likeness (QED) is 0.790. The Morgan fingerprint density at radius 2 is 2.20 bits per heavy atom.